The number of aromatic hydroxyl groups is 1. The molecule has 0 radical (unpaired) electrons. The lowest BCUT2D eigenvalue weighted by molar-refractivity contribution is 0.374. The lowest BCUT2D eigenvalue weighted by Gasteiger charge is -2.08. The van der Waals surface area contributed by atoms with Crippen LogP contribution >= 0.6 is 0 Å². The molecule has 0 fully saturated rings. The first kappa shape index (κ1) is 15.8. The molecule has 0 unspecified atom stereocenters. The minimum absolute atomic E-state index is 0.0285. The van der Waals surface area contributed by atoms with Gasteiger partial charge in [-0.1, -0.05) is 30.4 Å². The average molecular weight is 296 g/mol. The van der Waals surface area contributed by atoms with Crippen LogP contribution in [0.5, 0.6) is 11.5 Å². The predicted molar refractivity (Wildman–Crippen MR) is 89.6 cm³/mol. The number of phenols is 1. The van der Waals surface area contributed by atoms with E-state index in [2.05, 4.69) is 28.9 Å². The van der Waals surface area contributed by atoms with E-state index in [1.807, 2.05) is 20.8 Å². The van der Waals surface area contributed by atoms with Crippen molar-refractivity contribution in [2.75, 3.05) is 7.11 Å². The zero-order valence-electron chi connectivity index (χ0n) is 13.3. The fourth-order valence-electron chi connectivity index (χ4n) is 2.40. The summed E-state index contributed by atoms with van der Waals surface area (Å²) in [5.41, 5.74) is 5.26. The molecular weight excluding hydrogens is 276 g/mol. The topological polar surface area (TPSA) is 54.2 Å². The molecule has 0 aliphatic carbocycles. The molecule has 22 heavy (non-hydrogen) atoms. The molecule has 2 rings (SSSR count). The maximum Gasteiger partial charge on any atom is 0.185 e. The van der Waals surface area contributed by atoms with Gasteiger partial charge in [0.1, 0.15) is 5.69 Å². The molecule has 0 amide bonds. The summed E-state index contributed by atoms with van der Waals surface area (Å²) in [6.45, 7) is 9.76. The number of hydrogen-bond acceptors (Lipinski definition) is 4. The molecule has 0 aliphatic rings. The second-order valence-corrected chi connectivity index (χ2v) is 5.24. The monoisotopic (exact) mass is 296 g/mol. The summed E-state index contributed by atoms with van der Waals surface area (Å²) in [6, 6.07) is 7.53. The third-order valence-electron chi connectivity index (χ3n) is 3.43. The van der Waals surface area contributed by atoms with Gasteiger partial charge in [0, 0.05) is 0 Å². The molecule has 0 aromatic heterocycles. The molecule has 0 spiro atoms. The summed E-state index contributed by atoms with van der Waals surface area (Å²) in [4.78, 5) is 0. The number of benzene rings is 2. The van der Waals surface area contributed by atoms with Crippen LogP contribution in [-0.4, -0.2) is 12.2 Å². The van der Waals surface area contributed by atoms with Crippen molar-refractivity contribution < 1.29 is 9.84 Å². The van der Waals surface area contributed by atoms with E-state index in [-0.39, 0.29) is 5.75 Å². The first-order chi connectivity index (χ1) is 10.5. The lowest BCUT2D eigenvalue weighted by atomic mass is 10.1. The van der Waals surface area contributed by atoms with E-state index in [9.17, 15) is 5.11 Å². The lowest BCUT2D eigenvalue weighted by Crippen LogP contribution is -1.86. The maximum absolute atomic E-state index is 10.2. The predicted octanol–water partition coefficient (Wildman–Crippen LogP) is 5.38. The van der Waals surface area contributed by atoms with E-state index >= 15 is 0 Å². The number of aryl methyl sites for hydroxylation is 3. The van der Waals surface area contributed by atoms with Gasteiger partial charge in [0.2, 0.25) is 0 Å². The molecule has 4 heteroatoms. The van der Waals surface area contributed by atoms with Gasteiger partial charge in [-0.05, 0) is 49.6 Å². The second kappa shape index (κ2) is 6.43. The van der Waals surface area contributed by atoms with Crippen LogP contribution in [0.4, 0.5) is 11.4 Å². The highest BCUT2D eigenvalue weighted by Crippen LogP contribution is 2.39. The largest absolute Gasteiger partial charge is 0.503 e. The summed E-state index contributed by atoms with van der Waals surface area (Å²) in [5.74, 6) is 0.322. The molecule has 2 aromatic carbocycles. The molecule has 0 bridgehead atoms. The minimum Gasteiger partial charge on any atom is -0.503 e. The van der Waals surface area contributed by atoms with Crippen LogP contribution in [0.2, 0.25) is 0 Å². The van der Waals surface area contributed by atoms with Gasteiger partial charge >= 0.3 is 0 Å². The first-order valence-corrected chi connectivity index (χ1v) is 6.99. The van der Waals surface area contributed by atoms with Crippen LogP contribution in [0.1, 0.15) is 22.3 Å². The maximum atomic E-state index is 10.2. The van der Waals surface area contributed by atoms with E-state index in [1.165, 1.54) is 12.7 Å². The van der Waals surface area contributed by atoms with E-state index < -0.39 is 0 Å². The van der Waals surface area contributed by atoms with Crippen molar-refractivity contribution in [2.45, 2.75) is 20.8 Å². The Morgan fingerprint density at radius 3 is 2.23 bits per heavy atom. The van der Waals surface area contributed by atoms with Crippen LogP contribution in [0.15, 0.2) is 41.1 Å². The van der Waals surface area contributed by atoms with E-state index in [1.54, 1.807) is 18.2 Å². The smallest absolute Gasteiger partial charge is 0.185 e. The van der Waals surface area contributed by atoms with Gasteiger partial charge < -0.3 is 9.84 Å². The highest BCUT2D eigenvalue weighted by molar-refractivity contribution is 5.66. The van der Waals surface area contributed by atoms with Crippen molar-refractivity contribution in [2.24, 2.45) is 10.2 Å². The number of phenolic OH excluding ortho intramolecular Hbond substituents is 1. The minimum atomic E-state index is -0.0285. The number of rotatable bonds is 4. The van der Waals surface area contributed by atoms with Crippen LogP contribution < -0.4 is 4.74 Å². The Bertz CT molecular complexity index is 726. The van der Waals surface area contributed by atoms with Gasteiger partial charge in [0.15, 0.2) is 11.5 Å². The number of nitrogens with zero attached hydrogens (tertiary/aromatic N) is 2. The standard InChI is InChI=1S/C18H20N2O2/c1-6-14-9-15(18(21)16(10-14)22-5)19-20-17-12(3)7-11(2)8-13(17)4/h6-10,21H,1H2,2-5H3. The third-order valence-corrected chi connectivity index (χ3v) is 3.43. The number of hydrogen-bond donors (Lipinski definition) is 1. The van der Waals surface area contributed by atoms with Gasteiger partial charge in [0.05, 0.1) is 12.8 Å². The fourth-order valence-corrected chi connectivity index (χ4v) is 2.40. The van der Waals surface area contributed by atoms with Crippen LogP contribution in [0.3, 0.4) is 0 Å². The summed E-state index contributed by atoms with van der Waals surface area (Å²) in [5, 5.41) is 18.7. The fraction of sp³-hybridized carbons (Fsp3) is 0.222. The van der Waals surface area contributed by atoms with E-state index in [4.69, 9.17) is 4.74 Å². The molecule has 0 saturated heterocycles. The quantitative estimate of drug-likeness (QED) is 0.769. The Hall–Kier alpha value is -2.62. The first-order valence-electron chi connectivity index (χ1n) is 6.99. The number of azo groups is 1. The average Bonchev–Trinajstić information content (AvgIpc) is 2.47. The van der Waals surface area contributed by atoms with Crippen LogP contribution in [-0.2, 0) is 0 Å². The molecule has 0 atom stereocenters. The highest BCUT2D eigenvalue weighted by Gasteiger charge is 2.10. The van der Waals surface area contributed by atoms with Crippen molar-refractivity contribution >= 4 is 17.5 Å². The Morgan fingerprint density at radius 1 is 1.05 bits per heavy atom. The molecule has 0 saturated carbocycles. The summed E-state index contributed by atoms with van der Waals surface area (Å²) in [6.07, 6.45) is 1.67. The van der Waals surface area contributed by atoms with Gasteiger partial charge in [-0.25, -0.2) is 0 Å². The van der Waals surface area contributed by atoms with Gasteiger partial charge in [-0.3, -0.25) is 0 Å². The van der Waals surface area contributed by atoms with Crippen molar-refractivity contribution in [3.63, 3.8) is 0 Å². The van der Waals surface area contributed by atoms with Gasteiger partial charge in [-0.2, -0.15) is 0 Å². The van der Waals surface area contributed by atoms with Crippen molar-refractivity contribution in [1.29, 1.82) is 0 Å². The molecule has 0 heterocycles. The Balaban J connectivity index is 2.49. The highest BCUT2D eigenvalue weighted by atomic mass is 16.5. The molecule has 114 valence electrons. The molecule has 0 aliphatic heterocycles. The summed E-state index contributed by atoms with van der Waals surface area (Å²) >= 11 is 0. The van der Waals surface area contributed by atoms with E-state index in [0.717, 1.165) is 22.4 Å². The number of ether oxygens (including phenoxy) is 1. The Labute approximate surface area is 130 Å². The Morgan fingerprint density at radius 2 is 1.68 bits per heavy atom. The Kier molecular flexibility index (Phi) is 4.61. The second-order valence-electron chi connectivity index (χ2n) is 5.24. The third kappa shape index (κ3) is 3.17. The number of methoxy groups -OCH3 is 1. The van der Waals surface area contributed by atoms with Crippen LogP contribution in [0, 0.1) is 20.8 Å². The van der Waals surface area contributed by atoms with Gasteiger partial charge in [0.25, 0.3) is 0 Å². The zero-order valence-corrected chi connectivity index (χ0v) is 13.3. The zero-order chi connectivity index (χ0) is 16.3. The van der Waals surface area contributed by atoms with E-state index in [0.29, 0.717) is 11.4 Å². The summed E-state index contributed by atoms with van der Waals surface area (Å²) in [7, 11) is 1.50. The van der Waals surface area contributed by atoms with Crippen LogP contribution in [0.25, 0.3) is 6.08 Å². The molecule has 1 N–H and O–H groups in total. The van der Waals surface area contributed by atoms with Crippen molar-refractivity contribution in [1.82, 2.24) is 0 Å². The SMILES string of the molecule is C=Cc1cc(N=Nc2c(C)cc(C)cc2C)c(O)c(OC)c1. The molecular formula is C18H20N2O2. The van der Waals surface area contributed by atoms with Crippen molar-refractivity contribution in [3.05, 3.63) is 53.1 Å². The normalized spacial score (nSPS) is 10.9. The molecule has 4 nitrogen and oxygen atoms in total. The summed E-state index contributed by atoms with van der Waals surface area (Å²) < 4.78 is 5.14. The van der Waals surface area contributed by atoms with Gasteiger partial charge in [-0.15, -0.1) is 10.2 Å². The molecule has 2 aromatic rings. The van der Waals surface area contributed by atoms with Crippen molar-refractivity contribution in [3.8, 4) is 11.5 Å².